The lowest BCUT2D eigenvalue weighted by Gasteiger charge is -2.12. The van der Waals surface area contributed by atoms with Gasteiger partial charge in [0.15, 0.2) is 0 Å². The van der Waals surface area contributed by atoms with Crippen LogP contribution in [-0.2, 0) is 9.53 Å². The highest BCUT2D eigenvalue weighted by atomic mass is 16.5. The van der Waals surface area contributed by atoms with Gasteiger partial charge in [0, 0.05) is 6.54 Å². The van der Waals surface area contributed by atoms with Gasteiger partial charge < -0.3 is 14.4 Å². The van der Waals surface area contributed by atoms with Crippen LogP contribution in [0.1, 0.15) is 11.1 Å². The number of esters is 1. The van der Waals surface area contributed by atoms with Crippen molar-refractivity contribution in [3.63, 3.8) is 0 Å². The van der Waals surface area contributed by atoms with E-state index in [1.165, 1.54) is 0 Å². The molecule has 0 N–H and O–H groups in total. The molecule has 0 aromatic heterocycles. The number of ether oxygens (including phenoxy) is 2. The first kappa shape index (κ1) is 17.8. The molecule has 2 aromatic carbocycles. The Bertz CT molecular complexity index is 676. The Balaban J connectivity index is 2.26. The molecule has 0 radical (unpaired) electrons. The van der Waals surface area contributed by atoms with Crippen LogP contribution in [0.25, 0.3) is 11.6 Å². The first-order valence-electron chi connectivity index (χ1n) is 7.83. The molecular weight excluding hydrogens is 302 g/mol. The summed E-state index contributed by atoms with van der Waals surface area (Å²) in [6.07, 6.45) is 1.85. The number of hydrogen-bond acceptors (Lipinski definition) is 4. The van der Waals surface area contributed by atoms with E-state index >= 15 is 0 Å². The fourth-order valence-electron chi connectivity index (χ4n) is 2.15. The van der Waals surface area contributed by atoms with Gasteiger partial charge in [0.1, 0.15) is 12.4 Å². The predicted octanol–water partition coefficient (Wildman–Crippen LogP) is 3.34. The first-order chi connectivity index (χ1) is 11.6. The number of nitrogens with zero attached hydrogens (tertiary/aromatic N) is 1. The monoisotopic (exact) mass is 325 g/mol. The lowest BCUT2D eigenvalue weighted by molar-refractivity contribution is -0.136. The van der Waals surface area contributed by atoms with Gasteiger partial charge >= 0.3 is 5.97 Å². The Morgan fingerprint density at radius 1 is 1.04 bits per heavy atom. The van der Waals surface area contributed by atoms with Crippen molar-refractivity contribution in [3.05, 3.63) is 65.7 Å². The van der Waals surface area contributed by atoms with Gasteiger partial charge in [-0.3, -0.25) is 0 Å². The fraction of sp³-hybridized carbons (Fsp3) is 0.250. The summed E-state index contributed by atoms with van der Waals surface area (Å²) in [5.41, 5.74) is 2.28. The third kappa shape index (κ3) is 5.25. The van der Waals surface area contributed by atoms with Crippen LogP contribution >= 0.6 is 0 Å². The van der Waals surface area contributed by atoms with Crippen LogP contribution in [0.15, 0.2) is 54.6 Å². The Morgan fingerprint density at radius 2 is 1.71 bits per heavy atom. The van der Waals surface area contributed by atoms with Crippen molar-refractivity contribution in [1.29, 1.82) is 0 Å². The molecular formula is C20H23NO3. The maximum atomic E-state index is 12.5. The highest BCUT2D eigenvalue weighted by Crippen LogP contribution is 2.22. The summed E-state index contributed by atoms with van der Waals surface area (Å²) in [6.45, 7) is 1.04. The van der Waals surface area contributed by atoms with Crippen LogP contribution in [0.3, 0.4) is 0 Å². The molecule has 0 aliphatic rings. The molecule has 0 aliphatic carbocycles. The van der Waals surface area contributed by atoms with Gasteiger partial charge in [0.2, 0.25) is 0 Å². The van der Waals surface area contributed by atoms with Crippen LogP contribution in [0.5, 0.6) is 5.75 Å². The Hall–Kier alpha value is -2.59. The van der Waals surface area contributed by atoms with Crippen molar-refractivity contribution < 1.29 is 14.3 Å². The van der Waals surface area contributed by atoms with Crippen molar-refractivity contribution in [2.45, 2.75) is 0 Å². The zero-order valence-electron chi connectivity index (χ0n) is 14.4. The molecule has 0 saturated heterocycles. The molecule has 24 heavy (non-hydrogen) atoms. The lowest BCUT2D eigenvalue weighted by atomic mass is 10.0. The molecule has 0 saturated carbocycles. The van der Waals surface area contributed by atoms with E-state index in [0.717, 1.165) is 16.9 Å². The largest absolute Gasteiger partial charge is 0.497 e. The minimum Gasteiger partial charge on any atom is -0.497 e. The number of carbonyl (C=O) groups excluding carboxylic acids is 1. The van der Waals surface area contributed by atoms with Crippen molar-refractivity contribution >= 4 is 17.6 Å². The normalized spacial score (nSPS) is 11.4. The van der Waals surface area contributed by atoms with E-state index in [0.29, 0.717) is 18.7 Å². The minimum absolute atomic E-state index is 0.328. The van der Waals surface area contributed by atoms with Gasteiger partial charge in [-0.05, 0) is 43.4 Å². The third-order valence-electron chi connectivity index (χ3n) is 3.50. The molecule has 4 heteroatoms. The van der Waals surface area contributed by atoms with Gasteiger partial charge in [-0.25, -0.2) is 4.79 Å². The molecule has 0 bridgehead atoms. The second kappa shape index (κ2) is 8.89. The molecule has 2 rings (SSSR count). The molecule has 0 aliphatic heterocycles. The average Bonchev–Trinajstić information content (AvgIpc) is 2.60. The Morgan fingerprint density at radius 3 is 2.29 bits per heavy atom. The van der Waals surface area contributed by atoms with Gasteiger partial charge in [-0.1, -0.05) is 42.5 Å². The molecule has 2 aromatic rings. The molecule has 126 valence electrons. The summed E-state index contributed by atoms with van der Waals surface area (Å²) < 4.78 is 10.6. The van der Waals surface area contributed by atoms with Crippen LogP contribution in [-0.4, -0.2) is 45.2 Å². The summed E-state index contributed by atoms with van der Waals surface area (Å²) in [5, 5.41) is 0. The Labute approximate surface area is 143 Å². The van der Waals surface area contributed by atoms with E-state index < -0.39 is 0 Å². The minimum atomic E-state index is -0.328. The smallest absolute Gasteiger partial charge is 0.338 e. The topological polar surface area (TPSA) is 38.8 Å². The number of likely N-dealkylation sites (N-methyl/N-ethyl adjacent to an activating group) is 1. The second-order valence-electron chi connectivity index (χ2n) is 5.64. The van der Waals surface area contributed by atoms with E-state index in [1.807, 2.05) is 79.7 Å². The van der Waals surface area contributed by atoms with Crippen molar-refractivity contribution in [1.82, 2.24) is 4.90 Å². The third-order valence-corrected chi connectivity index (χ3v) is 3.50. The first-order valence-corrected chi connectivity index (χ1v) is 7.83. The van der Waals surface area contributed by atoms with Gasteiger partial charge in [0.25, 0.3) is 0 Å². The maximum absolute atomic E-state index is 12.5. The van der Waals surface area contributed by atoms with E-state index in [9.17, 15) is 4.79 Å². The average molecular weight is 325 g/mol. The molecule has 0 spiro atoms. The van der Waals surface area contributed by atoms with E-state index in [2.05, 4.69) is 0 Å². The van der Waals surface area contributed by atoms with Crippen LogP contribution in [0.4, 0.5) is 0 Å². The number of benzene rings is 2. The quantitative estimate of drug-likeness (QED) is 0.445. The van der Waals surface area contributed by atoms with Crippen molar-refractivity contribution in [3.8, 4) is 5.75 Å². The molecule has 0 heterocycles. The fourth-order valence-corrected chi connectivity index (χ4v) is 2.15. The SMILES string of the molecule is COc1ccc(/C(=C/c2ccccc2)C(=O)OCCN(C)C)cc1. The summed E-state index contributed by atoms with van der Waals surface area (Å²) in [4.78, 5) is 14.5. The number of hydrogen-bond donors (Lipinski definition) is 0. The van der Waals surface area contributed by atoms with Gasteiger partial charge in [0.05, 0.1) is 12.7 Å². The summed E-state index contributed by atoms with van der Waals surface area (Å²) in [5.74, 6) is 0.421. The molecule has 4 nitrogen and oxygen atoms in total. The number of rotatable bonds is 7. The maximum Gasteiger partial charge on any atom is 0.338 e. The molecule has 0 atom stereocenters. The summed E-state index contributed by atoms with van der Waals surface area (Å²) in [6, 6.07) is 17.1. The highest BCUT2D eigenvalue weighted by Gasteiger charge is 2.14. The van der Waals surface area contributed by atoms with Crippen molar-refractivity contribution in [2.24, 2.45) is 0 Å². The van der Waals surface area contributed by atoms with Crippen LogP contribution in [0.2, 0.25) is 0 Å². The zero-order valence-corrected chi connectivity index (χ0v) is 14.4. The van der Waals surface area contributed by atoms with E-state index in [-0.39, 0.29) is 5.97 Å². The summed E-state index contributed by atoms with van der Waals surface area (Å²) in [7, 11) is 5.50. The molecule has 0 fully saturated rings. The van der Waals surface area contributed by atoms with E-state index in [4.69, 9.17) is 9.47 Å². The number of carbonyl (C=O) groups is 1. The lowest BCUT2D eigenvalue weighted by Crippen LogP contribution is -2.20. The van der Waals surface area contributed by atoms with Gasteiger partial charge in [-0.2, -0.15) is 0 Å². The number of methoxy groups -OCH3 is 1. The molecule has 0 amide bonds. The second-order valence-corrected chi connectivity index (χ2v) is 5.64. The van der Waals surface area contributed by atoms with Crippen molar-refractivity contribution in [2.75, 3.05) is 34.4 Å². The van der Waals surface area contributed by atoms with Crippen LogP contribution < -0.4 is 4.74 Å². The predicted molar refractivity (Wildman–Crippen MR) is 96.8 cm³/mol. The van der Waals surface area contributed by atoms with Gasteiger partial charge in [-0.15, -0.1) is 0 Å². The Kier molecular flexibility index (Phi) is 6.58. The summed E-state index contributed by atoms with van der Waals surface area (Å²) >= 11 is 0. The molecule has 0 unspecified atom stereocenters. The van der Waals surface area contributed by atoms with Crippen LogP contribution in [0, 0.1) is 0 Å². The zero-order chi connectivity index (χ0) is 17.4. The highest BCUT2D eigenvalue weighted by molar-refractivity contribution is 6.21. The van der Waals surface area contributed by atoms with E-state index in [1.54, 1.807) is 7.11 Å². The standard InChI is InChI=1S/C20H23NO3/c1-21(2)13-14-24-20(22)19(15-16-7-5-4-6-8-16)17-9-11-18(23-3)12-10-17/h4-12,15H,13-14H2,1-3H3/b19-15-.